The van der Waals surface area contributed by atoms with Crippen LogP contribution in [0.1, 0.15) is 28.5 Å². The third kappa shape index (κ3) is 3.45. The third-order valence-electron chi connectivity index (χ3n) is 4.68. The van der Waals surface area contributed by atoms with Crippen LogP contribution in [-0.4, -0.2) is 29.7 Å². The van der Waals surface area contributed by atoms with Crippen LogP contribution in [0.5, 0.6) is 11.6 Å². The van der Waals surface area contributed by atoms with Gasteiger partial charge in [-0.1, -0.05) is 18.2 Å². The molecule has 7 heteroatoms. The van der Waals surface area contributed by atoms with Gasteiger partial charge in [0.05, 0.1) is 24.8 Å². The van der Waals surface area contributed by atoms with Gasteiger partial charge in [0.25, 0.3) is 0 Å². The molecule has 4 aromatic rings. The van der Waals surface area contributed by atoms with Gasteiger partial charge in [0.2, 0.25) is 5.88 Å². The molecule has 0 aliphatic rings. The van der Waals surface area contributed by atoms with E-state index in [1.165, 1.54) is 0 Å². The zero-order valence-corrected chi connectivity index (χ0v) is 16.6. The van der Waals surface area contributed by atoms with Crippen LogP contribution in [0.2, 0.25) is 0 Å². The Morgan fingerprint density at radius 3 is 2.63 bits per heavy atom. The molecular weight excluding hydrogens is 382 g/mol. The van der Waals surface area contributed by atoms with Crippen LogP contribution < -0.4 is 4.74 Å². The van der Waals surface area contributed by atoms with E-state index in [9.17, 15) is 4.79 Å². The Labute approximate surface area is 172 Å². The van der Waals surface area contributed by atoms with Gasteiger partial charge in [-0.25, -0.2) is 9.78 Å². The Morgan fingerprint density at radius 2 is 1.93 bits per heavy atom. The summed E-state index contributed by atoms with van der Waals surface area (Å²) in [6.07, 6.45) is 0. The van der Waals surface area contributed by atoms with Crippen molar-refractivity contribution in [3.8, 4) is 17.7 Å². The van der Waals surface area contributed by atoms with Gasteiger partial charge >= 0.3 is 5.97 Å². The van der Waals surface area contributed by atoms with Crippen LogP contribution in [0.15, 0.2) is 48.5 Å². The lowest BCUT2D eigenvalue weighted by molar-refractivity contribution is 0.0514. The van der Waals surface area contributed by atoms with E-state index >= 15 is 0 Å². The number of pyridine rings is 1. The van der Waals surface area contributed by atoms with Gasteiger partial charge in [-0.05, 0) is 37.3 Å². The number of nitriles is 1. The second-order valence-corrected chi connectivity index (χ2v) is 6.56. The first-order valence-electron chi connectivity index (χ1n) is 9.43. The molecule has 0 bridgehead atoms. The molecule has 0 fully saturated rings. The summed E-state index contributed by atoms with van der Waals surface area (Å²) in [5.41, 5.74) is 2.85. The van der Waals surface area contributed by atoms with Crippen LogP contribution in [0.4, 0.5) is 0 Å². The summed E-state index contributed by atoms with van der Waals surface area (Å²) >= 11 is 0. The van der Waals surface area contributed by atoms with Crippen molar-refractivity contribution in [2.24, 2.45) is 0 Å². The maximum atomic E-state index is 12.7. The lowest BCUT2D eigenvalue weighted by Crippen LogP contribution is -2.12. The topological polar surface area (TPSA) is 97.2 Å². The zero-order valence-electron chi connectivity index (χ0n) is 16.6. The van der Waals surface area contributed by atoms with Crippen LogP contribution in [0.25, 0.3) is 21.8 Å². The molecule has 0 saturated heterocycles. The Balaban J connectivity index is 1.97. The van der Waals surface area contributed by atoms with E-state index < -0.39 is 5.97 Å². The van der Waals surface area contributed by atoms with Gasteiger partial charge < -0.3 is 19.2 Å². The predicted molar refractivity (Wildman–Crippen MR) is 112 cm³/mol. The second-order valence-electron chi connectivity index (χ2n) is 6.56. The smallest absolute Gasteiger partial charge is 0.357 e. The molecule has 150 valence electrons. The monoisotopic (exact) mass is 401 g/mol. The minimum absolute atomic E-state index is 0.152. The Kier molecular flexibility index (Phi) is 5.33. The van der Waals surface area contributed by atoms with E-state index in [-0.39, 0.29) is 24.8 Å². The number of benzene rings is 2. The number of para-hydroxylation sites is 1. The molecule has 2 aromatic carbocycles. The number of esters is 1. The van der Waals surface area contributed by atoms with Crippen molar-refractivity contribution in [3.05, 3.63) is 65.4 Å². The first kappa shape index (κ1) is 19.4. The lowest BCUT2D eigenvalue weighted by atomic mass is 10.1. The SMILES string of the molecule is CCOC(=O)c1nc(Oc2ccc(C#N)cc2)c2[nH]c3ccccc3c2c1COC. The van der Waals surface area contributed by atoms with Crippen molar-refractivity contribution in [1.82, 2.24) is 9.97 Å². The van der Waals surface area contributed by atoms with Crippen molar-refractivity contribution in [2.75, 3.05) is 13.7 Å². The fourth-order valence-electron chi connectivity index (χ4n) is 3.40. The molecular formula is C23H19N3O4. The van der Waals surface area contributed by atoms with Gasteiger partial charge in [-0.3, -0.25) is 0 Å². The molecule has 0 aliphatic heterocycles. The molecule has 7 nitrogen and oxygen atoms in total. The number of methoxy groups -OCH3 is 1. The predicted octanol–water partition coefficient (Wildman–Crippen LogP) is 4.70. The number of nitrogens with one attached hydrogen (secondary N) is 1. The fourth-order valence-corrected chi connectivity index (χ4v) is 3.40. The van der Waals surface area contributed by atoms with Crippen LogP contribution >= 0.6 is 0 Å². The van der Waals surface area contributed by atoms with Crippen molar-refractivity contribution in [3.63, 3.8) is 0 Å². The van der Waals surface area contributed by atoms with E-state index in [4.69, 9.17) is 19.5 Å². The van der Waals surface area contributed by atoms with Gasteiger partial charge in [-0.15, -0.1) is 0 Å². The number of rotatable bonds is 6. The maximum absolute atomic E-state index is 12.7. The summed E-state index contributed by atoms with van der Waals surface area (Å²) in [5, 5.41) is 10.7. The number of hydrogen-bond acceptors (Lipinski definition) is 6. The van der Waals surface area contributed by atoms with Gasteiger partial charge in [0.15, 0.2) is 5.69 Å². The Hall–Kier alpha value is -3.89. The molecule has 0 spiro atoms. The lowest BCUT2D eigenvalue weighted by Gasteiger charge is -2.13. The van der Waals surface area contributed by atoms with Crippen molar-refractivity contribution < 1.29 is 19.0 Å². The first-order valence-corrected chi connectivity index (χ1v) is 9.43. The largest absolute Gasteiger partial charge is 0.461 e. The van der Waals surface area contributed by atoms with E-state index in [0.29, 0.717) is 22.4 Å². The first-order chi connectivity index (χ1) is 14.7. The van der Waals surface area contributed by atoms with Crippen molar-refractivity contribution in [1.29, 1.82) is 5.26 Å². The summed E-state index contributed by atoms with van der Waals surface area (Å²) in [6, 6.07) is 16.5. The molecule has 2 aromatic heterocycles. The van der Waals surface area contributed by atoms with Crippen LogP contribution in [0.3, 0.4) is 0 Å². The minimum Gasteiger partial charge on any atom is -0.461 e. The molecule has 0 aliphatic carbocycles. The maximum Gasteiger partial charge on any atom is 0.357 e. The molecule has 30 heavy (non-hydrogen) atoms. The molecule has 0 radical (unpaired) electrons. The van der Waals surface area contributed by atoms with E-state index in [1.54, 1.807) is 38.3 Å². The second kappa shape index (κ2) is 8.23. The van der Waals surface area contributed by atoms with Gasteiger partial charge in [-0.2, -0.15) is 5.26 Å². The molecule has 0 unspecified atom stereocenters. The highest BCUT2D eigenvalue weighted by molar-refractivity contribution is 6.12. The summed E-state index contributed by atoms with van der Waals surface area (Å²) in [7, 11) is 1.57. The number of H-pyrrole nitrogens is 1. The summed E-state index contributed by atoms with van der Waals surface area (Å²) in [5.74, 6) is 0.200. The van der Waals surface area contributed by atoms with E-state index in [1.807, 2.05) is 24.3 Å². The molecule has 0 amide bonds. The van der Waals surface area contributed by atoms with Crippen LogP contribution in [0, 0.1) is 11.3 Å². The Bertz CT molecular complexity index is 1270. The number of hydrogen-bond donors (Lipinski definition) is 1. The number of aromatic amines is 1. The highest BCUT2D eigenvalue weighted by atomic mass is 16.5. The third-order valence-corrected chi connectivity index (χ3v) is 4.68. The zero-order chi connectivity index (χ0) is 21.1. The number of carbonyl (C=O) groups is 1. The van der Waals surface area contributed by atoms with Crippen molar-refractivity contribution >= 4 is 27.8 Å². The highest BCUT2D eigenvalue weighted by Crippen LogP contribution is 2.37. The molecule has 0 atom stereocenters. The molecule has 2 heterocycles. The molecule has 1 N–H and O–H groups in total. The summed E-state index contributed by atoms with van der Waals surface area (Å²) in [4.78, 5) is 20.5. The normalized spacial score (nSPS) is 10.8. The number of fused-ring (bicyclic) bond motifs is 3. The minimum atomic E-state index is -0.540. The quantitative estimate of drug-likeness (QED) is 0.470. The molecule has 0 saturated carbocycles. The van der Waals surface area contributed by atoms with Crippen LogP contribution in [-0.2, 0) is 16.1 Å². The number of aromatic nitrogens is 2. The van der Waals surface area contributed by atoms with E-state index in [2.05, 4.69) is 16.0 Å². The van der Waals surface area contributed by atoms with E-state index in [0.717, 1.165) is 16.3 Å². The number of nitrogens with zero attached hydrogens (tertiary/aromatic N) is 2. The Morgan fingerprint density at radius 1 is 1.17 bits per heavy atom. The summed E-state index contributed by atoms with van der Waals surface area (Å²) < 4.78 is 16.6. The standard InChI is InChI=1S/C23H19N3O4/c1-3-29-23(27)20-17(13-28-2)19-16-6-4-5-7-18(16)25-21(19)22(26-20)30-15-10-8-14(12-24)9-11-15/h4-11,25H,3,13H2,1-2H3. The molecule has 4 rings (SSSR count). The van der Waals surface area contributed by atoms with Gasteiger partial charge in [0.1, 0.15) is 11.3 Å². The number of carbonyl (C=O) groups excluding carboxylic acids is 1. The average molecular weight is 401 g/mol. The van der Waals surface area contributed by atoms with Crippen molar-refractivity contribution in [2.45, 2.75) is 13.5 Å². The fraction of sp³-hybridized carbons (Fsp3) is 0.174. The highest BCUT2D eigenvalue weighted by Gasteiger charge is 2.24. The summed E-state index contributed by atoms with van der Waals surface area (Å²) in [6.45, 7) is 2.16. The number of ether oxygens (including phenoxy) is 3. The van der Waals surface area contributed by atoms with Gasteiger partial charge in [0, 0.05) is 29.0 Å². The average Bonchev–Trinajstić information content (AvgIpc) is 3.16.